The summed E-state index contributed by atoms with van der Waals surface area (Å²) in [7, 11) is 0. The third-order valence-corrected chi connectivity index (χ3v) is 4.55. The van der Waals surface area contributed by atoms with E-state index in [0.29, 0.717) is 11.6 Å². The van der Waals surface area contributed by atoms with Crippen LogP contribution in [-0.2, 0) is 6.42 Å². The summed E-state index contributed by atoms with van der Waals surface area (Å²) in [4.78, 5) is 4.40. The number of nitrogens with zero attached hydrogens (tertiary/aromatic N) is 3. The third kappa shape index (κ3) is 2.45. The average Bonchev–Trinajstić information content (AvgIpc) is 2.96. The average molecular weight is 307 g/mol. The maximum atomic E-state index is 10.6. The van der Waals surface area contributed by atoms with Gasteiger partial charge in [0.25, 0.3) is 0 Å². The molecule has 1 aromatic heterocycles. The summed E-state index contributed by atoms with van der Waals surface area (Å²) in [5, 5.41) is 19.4. The first-order valence-corrected chi connectivity index (χ1v) is 7.82. The predicted molar refractivity (Wildman–Crippen MR) is 88.3 cm³/mol. The zero-order valence-corrected chi connectivity index (χ0v) is 12.5. The van der Waals surface area contributed by atoms with Gasteiger partial charge in [-0.2, -0.15) is 0 Å². The number of azo groups is 1. The fourth-order valence-electron chi connectivity index (χ4n) is 2.52. The van der Waals surface area contributed by atoms with Gasteiger partial charge in [0, 0.05) is 6.42 Å². The Morgan fingerprint density at radius 1 is 1.09 bits per heavy atom. The Morgan fingerprint density at radius 3 is 2.82 bits per heavy atom. The summed E-state index contributed by atoms with van der Waals surface area (Å²) in [6.07, 6.45) is 4.00. The van der Waals surface area contributed by atoms with Gasteiger partial charge >= 0.3 is 0 Å². The van der Waals surface area contributed by atoms with E-state index in [1.165, 1.54) is 11.3 Å². The lowest BCUT2D eigenvalue weighted by molar-refractivity contribution is 0.0933. The van der Waals surface area contributed by atoms with Crippen molar-refractivity contribution in [1.29, 1.82) is 0 Å². The second-order valence-corrected chi connectivity index (χ2v) is 6.26. The second-order valence-electron chi connectivity index (χ2n) is 5.25. The molecule has 0 amide bonds. The molecule has 0 aliphatic heterocycles. The van der Waals surface area contributed by atoms with Gasteiger partial charge in [-0.3, -0.25) is 0 Å². The lowest BCUT2D eigenvalue weighted by Gasteiger charge is -2.23. The highest BCUT2D eigenvalue weighted by Crippen LogP contribution is 2.31. The van der Waals surface area contributed by atoms with E-state index in [-0.39, 0.29) is 0 Å². The lowest BCUT2D eigenvalue weighted by atomic mass is 9.92. The van der Waals surface area contributed by atoms with E-state index in [4.69, 9.17) is 0 Å². The van der Waals surface area contributed by atoms with Crippen LogP contribution in [0.4, 0.5) is 5.13 Å². The Hall–Kier alpha value is -2.37. The van der Waals surface area contributed by atoms with E-state index >= 15 is 0 Å². The molecule has 1 unspecified atom stereocenters. The molecule has 22 heavy (non-hydrogen) atoms. The van der Waals surface area contributed by atoms with Crippen LogP contribution in [0.5, 0.6) is 0 Å². The quantitative estimate of drug-likeness (QED) is 0.716. The van der Waals surface area contributed by atoms with Gasteiger partial charge < -0.3 is 5.11 Å². The van der Waals surface area contributed by atoms with Gasteiger partial charge in [0.15, 0.2) is 5.72 Å². The lowest BCUT2D eigenvalue weighted by Crippen LogP contribution is -2.28. The van der Waals surface area contributed by atoms with Crippen molar-refractivity contribution in [1.82, 2.24) is 4.98 Å². The largest absolute Gasteiger partial charge is 0.364 e. The van der Waals surface area contributed by atoms with E-state index in [9.17, 15) is 5.11 Å². The Labute approximate surface area is 131 Å². The summed E-state index contributed by atoms with van der Waals surface area (Å²) < 4.78 is 1.06. The summed E-state index contributed by atoms with van der Waals surface area (Å²) in [5.41, 5.74) is 1.78. The van der Waals surface area contributed by atoms with Gasteiger partial charge in [0.05, 0.1) is 10.2 Å². The molecule has 4 nitrogen and oxygen atoms in total. The number of hydrogen-bond acceptors (Lipinski definition) is 5. The molecule has 3 aromatic rings. The van der Waals surface area contributed by atoms with Gasteiger partial charge in [-0.05, 0) is 29.3 Å². The van der Waals surface area contributed by atoms with Crippen LogP contribution < -0.4 is 0 Å². The number of thiazole rings is 1. The zero-order valence-electron chi connectivity index (χ0n) is 11.7. The maximum absolute atomic E-state index is 10.6. The molecule has 2 aromatic carbocycles. The van der Waals surface area contributed by atoms with Crippen molar-refractivity contribution in [3.05, 3.63) is 65.7 Å². The van der Waals surface area contributed by atoms with E-state index in [1.54, 1.807) is 6.08 Å². The van der Waals surface area contributed by atoms with Gasteiger partial charge in [0.1, 0.15) is 0 Å². The van der Waals surface area contributed by atoms with Gasteiger partial charge in [-0.25, -0.2) is 4.98 Å². The van der Waals surface area contributed by atoms with Crippen LogP contribution in [0.1, 0.15) is 11.1 Å². The highest BCUT2D eigenvalue weighted by molar-refractivity contribution is 7.21. The van der Waals surface area contributed by atoms with Crippen molar-refractivity contribution in [2.45, 2.75) is 12.1 Å². The van der Waals surface area contributed by atoms with Crippen molar-refractivity contribution in [3.8, 4) is 0 Å². The van der Waals surface area contributed by atoms with Crippen molar-refractivity contribution in [3.63, 3.8) is 0 Å². The van der Waals surface area contributed by atoms with Crippen LogP contribution in [0.25, 0.3) is 16.3 Å². The molecule has 4 rings (SSSR count). The monoisotopic (exact) mass is 307 g/mol. The first-order valence-electron chi connectivity index (χ1n) is 7.00. The number of aromatic nitrogens is 1. The molecule has 108 valence electrons. The smallest absolute Gasteiger partial charge is 0.230 e. The zero-order chi connectivity index (χ0) is 15.0. The topological polar surface area (TPSA) is 57.8 Å². The maximum Gasteiger partial charge on any atom is 0.230 e. The van der Waals surface area contributed by atoms with E-state index in [1.807, 2.05) is 54.6 Å². The van der Waals surface area contributed by atoms with Gasteiger partial charge in [-0.15, -0.1) is 10.2 Å². The second kappa shape index (κ2) is 5.12. The molecule has 0 fully saturated rings. The van der Waals surface area contributed by atoms with Gasteiger partial charge in [-0.1, -0.05) is 53.8 Å². The van der Waals surface area contributed by atoms with Crippen LogP contribution in [0.15, 0.2) is 64.8 Å². The van der Waals surface area contributed by atoms with Crippen LogP contribution in [0.3, 0.4) is 0 Å². The summed E-state index contributed by atoms with van der Waals surface area (Å²) in [6.45, 7) is 0. The standard InChI is InChI=1S/C17H13N3OS/c21-17(10-9-12-5-1-2-6-13(12)11-17)20-19-16-18-14-7-3-4-8-15(14)22-16/h1-10,21H,11H2. The molecular formula is C17H13N3OS. The van der Waals surface area contributed by atoms with Gasteiger partial charge in [0.2, 0.25) is 5.13 Å². The van der Waals surface area contributed by atoms with E-state index < -0.39 is 5.72 Å². The fourth-order valence-corrected chi connectivity index (χ4v) is 3.31. The Kier molecular flexibility index (Phi) is 3.10. The molecule has 0 radical (unpaired) electrons. The SMILES string of the molecule is OC1(N=Nc2nc3ccccc3s2)C=Cc2ccccc2C1. The normalized spacial score (nSPS) is 20.6. The highest BCUT2D eigenvalue weighted by Gasteiger charge is 2.27. The molecule has 0 bridgehead atoms. The van der Waals surface area contributed by atoms with Crippen molar-refractivity contribution in [2.75, 3.05) is 0 Å². The van der Waals surface area contributed by atoms with Crippen molar-refractivity contribution in [2.24, 2.45) is 10.2 Å². The number of para-hydroxylation sites is 1. The number of fused-ring (bicyclic) bond motifs is 2. The molecule has 1 aliphatic rings. The summed E-state index contributed by atoms with van der Waals surface area (Å²) >= 11 is 1.46. The number of aliphatic hydroxyl groups is 1. The van der Waals surface area contributed by atoms with Crippen molar-refractivity contribution >= 4 is 32.8 Å². The molecule has 5 heteroatoms. The van der Waals surface area contributed by atoms with Crippen LogP contribution >= 0.6 is 11.3 Å². The summed E-state index contributed by atoms with van der Waals surface area (Å²) in [5.74, 6) is 0. The Bertz CT molecular complexity index is 867. The molecule has 0 saturated heterocycles. The fraction of sp³-hybridized carbons (Fsp3) is 0.118. The third-order valence-electron chi connectivity index (χ3n) is 3.63. The Balaban J connectivity index is 1.63. The molecule has 0 saturated carbocycles. The number of hydrogen-bond donors (Lipinski definition) is 1. The minimum atomic E-state index is -1.30. The number of rotatable bonds is 2. The molecule has 1 N–H and O–H groups in total. The minimum Gasteiger partial charge on any atom is -0.364 e. The predicted octanol–water partition coefficient (Wildman–Crippen LogP) is 4.34. The minimum absolute atomic E-state index is 0.425. The molecular weight excluding hydrogens is 294 g/mol. The number of benzene rings is 2. The molecule has 0 spiro atoms. The first kappa shape index (κ1) is 13.3. The molecule has 1 heterocycles. The van der Waals surface area contributed by atoms with Crippen LogP contribution in [0, 0.1) is 0 Å². The molecule has 1 aliphatic carbocycles. The van der Waals surface area contributed by atoms with Crippen LogP contribution in [-0.4, -0.2) is 15.8 Å². The van der Waals surface area contributed by atoms with E-state index in [2.05, 4.69) is 15.2 Å². The highest BCUT2D eigenvalue weighted by atomic mass is 32.1. The van der Waals surface area contributed by atoms with E-state index in [0.717, 1.165) is 21.3 Å². The van der Waals surface area contributed by atoms with Crippen molar-refractivity contribution < 1.29 is 5.11 Å². The van der Waals surface area contributed by atoms with Crippen LogP contribution in [0.2, 0.25) is 0 Å². The molecule has 1 atom stereocenters. The first-order chi connectivity index (χ1) is 10.7. The Morgan fingerprint density at radius 2 is 1.91 bits per heavy atom. The summed E-state index contributed by atoms with van der Waals surface area (Å²) in [6, 6.07) is 15.8.